The average molecular weight is 683 g/mol. The Labute approximate surface area is 309 Å². The number of benzene rings is 9. The molecule has 54 heavy (non-hydrogen) atoms. The molecule has 1 aliphatic rings. The van der Waals surface area contributed by atoms with E-state index in [0.29, 0.717) is 22.6 Å². The molecule has 0 bridgehead atoms. The Balaban J connectivity index is 1.22. The second-order valence-corrected chi connectivity index (χ2v) is 14.2. The van der Waals surface area contributed by atoms with Gasteiger partial charge in [-0.2, -0.15) is 5.26 Å². The van der Waals surface area contributed by atoms with Crippen molar-refractivity contribution in [1.29, 1.82) is 5.26 Å². The number of nitrogens with zero attached hydrogens (tertiary/aromatic N) is 4. The van der Waals surface area contributed by atoms with Crippen molar-refractivity contribution in [3.8, 4) is 39.7 Å². The molecular formula is C50H26N4. The molecule has 9 aromatic carbocycles. The van der Waals surface area contributed by atoms with E-state index in [1.807, 2.05) is 12.1 Å². The van der Waals surface area contributed by atoms with Gasteiger partial charge in [-0.3, -0.25) is 0 Å². The summed E-state index contributed by atoms with van der Waals surface area (Å²) in [6, 6.07) is 57.9. The smallest absolute Gasteiger partial charge is 0.212 e. The zero-order valence-electron chi connectivity index (χ0n) is 28.8. The Hall–Kier alpha value is -7.66. The van der Waals surface area contributed by atoms with Crippen molar-refractivity contribution in [2.45, 2.75) is 0 Å². The van der Waals surface area contributed by atoms with Crippen molar-refractivity contribution in [1.82, 2.24) is 9.13 Å². The Morgan fingerprint density at radius 2 is 0.981 bits per heavy atom. The van der Waals surface area contributed by atoms with Gasteiger partial charge in [-0.15, -0.1) is 0 Å². The van der Waals surface area contributed by atoms with Gasteiger partial charge in [0.15, 0.2) is 0 Å². The third-order valence-electron chi connectivity index (χ3n) is 11.7. The number of nitriles is 1. The molecule has 0 unspecified atom stereocenters. The summed E-state index contributed by atoms with van der Waals surface area (Å²) >= 11 is 0. The van der Waals surface area contributed by atoms with Gasteiger partial charge >= 0.3 is 0 Å². The van der Waals surface area contributed by atoms with Crippen LogP contribution in [0.25, 0.3) is 114 Å². The summed E-state index contributed by atoms with van der Waals surface area (Å²) in [6.45, 7) is 8.67. The summed E-state index contributed by atoms with van der Waals surface area (Å²) in [5.74, 6) is 0. The average Bonchev–Trinajstić information content (AvgIpc) is 3.88. The first-order valence-electron chi connectivity index (χ1n) is 18.1. The molecule has 0 atom stereocenters. The molecule has 0 fully saturated rings. The topological polar surface area (TPSA) is 38.0 Å². The fourth-order valence-electron chi connectivity index (χ4n) is 9.56. The van der Waals surface area contributed by atoms with Crippen molar-refractivity contribution >= 4 is 81.6 Å². The van der Waals surface area contributed by atoms with Crippen LogP contribution in [0.5, 0.6) is 0 Å². The van der Waals surface area contributed by atoms with Gasteiger partial charge < -0.3 is 9.13 Å². The van der Waals surface area contributed by atoms with Crippen molar-refractivity contribution < 1.29 is 0 Å². The summed E-state index contributed by atoms with van der Waals surface area (Å²) < 4.78 is 4.44. The summed E-state index contributed by atoms with van der Waals surface area (Å²) in [6.07, 6.45) is 0. The quantitative estimate of drug-likeness (QED) is 0.132. The van der Waals surface area contributed by atoms with Gasteiger partial charge in [-0.05, 0) is 74.1 Å². The SMILES string of the molecule is [C-]#[N+]c1cc(-n2c3ccccc3c3c4ccccc4c4ccccc4c32)c(C#N)cc1-n1c2ccccc2c2cc3c4c(cccc4c21)-c1ccccc1-3. The molecule has 0 aliphatic heterocycles. The molecule has 246 valence electrons. The largest absolute Gasteiger partial charge is 0.318 e. The Morgan fingerprint density at radius 1 is 0.426 bits per heavy atom. The van der Waals surface area contributed by atoms with Gasteiger partial charge in [0, 0.05) is 32.3 Å². The summed E-state index contributed by atoms with van der Waals surface area (Å²) in [5, 5.41) is 22.5. The van der Waals surface area contributed by atoms with Gasteiger partial charge in [-0.1, -0.05) is 127 Å². The molecular weight excluding hydrogens is 657 g/mol. The first-order chi connectivity index (χ1) is 26.7. The van der Waals surface area contributed by atoms with E-state index in [-0.39, 0.29) is 0 Å². The Morgan fingerprint density at radius 3 is 1.72 bits per heavy atom. The van der Waals surface area contributed by atoms with Crippen molar-refractivity contribution in [3.05, 3.63) is 175 Å². The van der Waals surface area contributed by atoms with Crippen LogP contribution in [-0.4, -0.2) is 9.13 Å². The maximum atomic E-state index is 11.1. The van der Waals surface area contributed by atoms with E-state index in [4.69, 9.17) is 6.57 Å². The molecule has 4 nitrogen and oxygen atoms in total. The van der Waals surface area contributed by atoms with Gasteiger partial charge in [0.05, 0.1) is 45.6 Å². The van der Waals surface area contributed by atoms with Crippen LogP contribution in [0.3, 0.4) is 0 Å². The number of hydrogen-bond donors (Lipinski definition) is 0. The van der Waals surface area contributed by atoms with Crippen molar-refractivity contribution in [2.24, 2.45) is 0 Å². The lowest BCUT2D eigenvalue weighted by atomic mass is 9.97. The fourth-order valence-corrected chi connectivity index (χ4v) is 9.56. The molecule has 11 aromatic rings. The maximum Gasteiger partial charge on any atom is 0.212 e. The van der Waals surface area contributed by atoms with E-state index < -0.39 is 0 Å². The lowest BCUT2D eigenvalue weighted by Crippen LogP contribution is -2.02. The summed E-state index contributed by atoms with van der Waals surface area (Å²) in [5.41, 5.74) is 11.4. The van der Waals surface area contributed by atoms with Crippen LogP contribution in [0.4, 0.5) is 5.69 Å². The zero-order valence-corrected chi connectivity index (χ0v) is 28.8. The van der Waals surface area contributed by atoms with E-state index in [2.05, 4.69) is 166 Å². The van der Waals surface area contributed by atoms with Crippen LogP contribution in [0.1, 0.15) is 5.56 Å². The van der Waals surface area contributed by atoms with Crippen LogP contribution in [0.2, 0.25) is 0 Å². The molecule has 4 heteroatoms. The normalized spacial score (nSPS) is 12.0. The first kappa shape index (κ1) is 29.0. The van der Waals surface area contributed by atoms with Crippen LogP contribution in [-0.2, 0) is 0 Å². The van der Waals surface area contributed by atoms with E-state index in [0.717, 1.165) is 65.2 Å². The Bertz CT molecular complexity index is 3580. The molecule has 0 amide bonds. The molecule has 0 N–H and O–H groups in total. The third kappa shape index (κ3) is 3.54. The summed E-state index contributed by atoms with van der Waals surface area (Å²) in [7, 11) is 0. The minimum atomic E-state index is 0.481. The maximum absolute atomic E-state index is 11.1. The number of rotatable bonds is 2. The van der Waals surface area contributed by atoms with Crippen LogP contribution in [0, 0.1) is 17.9 Å². The number of para-hydroxylation sites is 2. The lowest BCUT2D eigenvalue weighted by molar-refractivity contribution is 1.14. The van der Waals surface area contributed by atoms with E-state index in [9.17, 15) is 5.26 Å². The van der Waals surface area contributed by atoms with Crippen LogP contribution >= 0.6 is 0 Å². The van der Waals surface area contributed by atoms with Crippen LogP contribution in [0.15, 0.2) is 158 Å². The molecule has 12 rings (SSSR count). The predicted octanol–water partition coefficient (Wildman–Crippen LogP) is 13.4. The molecule has 0 radical (unpaired) electrons. The number of hydrogen-bond acceptors (Lipinski definition) is 1. The minimum Gasteiger partial charge on any atom is -0.318 e. The highest BCUT2D eigenvalue weighted by molar-refractivity contribution is 6.32. The van der Waals surface area contributed by atoms with Crippen molar-refractivity contribution in [3.63, 3.8) is 0 Å². The monoisotopic (exact) mass is 682 g/mol. The number of aromatic nitrogens is 2. The number of fused-ring (bicyclic) bond motifs is 15. The lowest BCUT2D eigenvalue weighted by Gasteiger charge is -2.17. The van der Waals surface area contributed by atoms with Gasteiger partial charge in [-0.25, -0.2) is 4.85 Å². The van der Waals surface area contributed by atoms with E-state index in [1.165, 1.54) is 33.0 Å². The van der Waals surface area contributed by atoms with E-state index in [1.54, 1.807) is 0 Å². The highest BCUT2D eigenvalue weighted by Gasteiger charge is 2.27. The van der Waals surface area contributed by atoms with Gasteiger partial charge in [0.2, 0.25) is 5.69 Å². The van der Waals surface area contributed by atoms with Gasteiger partial charge in [0.1, 0.15) is 6.07 Å². The zero-order chi connectivity index (χ0) is 35.7. The predicted molar refractivity (Wildman–Crippen MR) is 223 cm³/mol. The molecule has 0 spiro atoms. The second kappa shape index (κ2) is 10.5. The standard InChI is InChI=1S/C50H26N4/c1-52-42-27-45(53-44-24-11-9-20-38(44)48-36-18-6-4-13-30(36)32-15-5-7-19-37(32)50(48)53)29(28-51)25-46(42)54-43-23-10-8-17-34(43)41-26-40-33-16-3-2-14-31(33)35-21-12-22-39(47(35)40)49(41)54/h2-27H. The van der Waals surface area contributed by atoms with Crippen LogP contribution < -0.4 is 0 Å². The molecule has 0 saturated heterocycles. The minimum absolute atomic E-state index is 0.481. The summed E-state index contributed by atoms with van der Waals surface area (Å²) in [4.78, 5) is 4.22. The second-order valence-electron chi connectivity index (χ2n) is 14.2. The fraction of sp³-hybridized carbons (Fsp3) is 0. The Kier molecular flexibility index (Phi) is 5.61. The highest BCUT2D eigenvalue weighted by atomic mass is 15.0. The first-order valence-corrected chi connectivity index (χ1v) is 18.1. The molecule has 0 saturated carbocycles. The molecule has 1 aliphatic carbocycles. The van der Waals surface area contributed by atoms with Gasteiger partial charge in [0.25, 0.3) is 0 Å². The molecule has 2 aromatic heterocycles. The highest BCUT2D eigenvalue weighted by Crippen LogP contribution is 2.52. The van der Waals surface area contributed by atoms with Crippen molar-refractivity contribution in [2.75, 3.05) is 0 Å². The van der Waals surface area contributed by atoms with E-state index >= 15 is 0 Å². The molecule has 2 heterocycles. The third-order valence-corrected chi connectivity index (χ3v) is 11.7.